The van der Waals surface area contributed by atoms with Gasteiger partial charge in [-0.3, -0.25) is 20.9 Å². The summed E-state index contributed by atoms with van der Waals surface area (Å²) in [6.45, 7) is 2.39. The van der Waals surface area contributed by atoms with Crippen molar-refractivity contribution < 1.29 is 14.7 Å². The average molecular weight is 344 g/mol. The Morgan fingerprint density at radius 1 is 1.40 bits per heavy atom. The van der Waals surface area contributed by atoms with Gasteiger partial charge in [-0.2, -0.15) is 15.0 Å². The topological polar surface area (TPSA) is 116 Å². The smallest absolute Gasteiger partial charge is 0.256 e. The van der Waals surface area contributed by atoms with Gasteiger partial charge < -0.3 is 9.64 Å². The van der Waals surface area contributed by atoms with E-state index in [0.29, 0.717) is 30.0 Å². The van der Waals surface area contributed by atoms with E-state index in [4.69, 9.17) is 15.4 Å². The van der Waals surface area contributed by atoms with Crippen molar-refractivity contribution in [3.8, 4) is 11.4 Å². The van der Waals surface area contributed by atoms with Crippen molar-refractivity contribution in [3.63, 3.8) is 0 Å². The fourth-order valence-electron chi connectivity index (χ4n) is 3.11. The highest BCUT2D eigenvalue weighted by atomic mass is 16.5. The molecule has 9 heteroatoms. The number of amidine groups is 1. The van der Waals surface area contributed by atoms with Gasteiger partial charge in [0.2, 0.25) is 0 Å². The molecule has 0 radical (unpaired) electrons. The van der Waals surface area contributed by atoms with Crippen LogP contribution in [0.2, 0.25) is 0 Å². The minimum atomic E-state index is -0.483. The Balaban J connectivity index is 2.06. The van der Waals surface area contributed by atoms with Crippen LogP contribution in [0.25, 0.3) is 5.69 Å². The molecule has 25 heavy (non-hydrogen) atoms. The molecule has 132 valence electrons. The first-order valence-corrected chi connectivity index (χ1v) is 7.91. The Morgan fingerprint density at radius 2 is 2.12 bits per heavy atom. The monoisotopic (exact) mass is 344 g/mol. The summed E-state index contributed by atoms with van der Waals surface area (Å²) in [7, 11) is 1.55. The predicted octanol–water partition coefficient (Wildman–Crippen LogP) is 1.14. The quantitative estimate of drug-likeness (QED) is 0.435. The van der Waals surface area contributed by atoms with Crippen molar-refractivity contribution in [2.75, 3.05) is 13.7 Å². The number of likely N-dealkylation sites (tertiary alicyclic amines) is 1. The van der Waals surface area contributed by atoms with Gasteiger partial charge in [-0.05, 0) is 37.5 Å². The van der Waals surface area contributed by atoms with Crippen LogP contribution in [0.15, 0.2) is 24.5 Å². The molecule has 2 heterocycles. The summed E-state index contributed by atoms with van der Waals surface area (Å²) >= 11 is 0. The van der Waals surface area contributed by atoms with Gasteiger partial charge in [0.05, 0.1) is 36.8 Å². The largest absolute Gasteiger partial charge is 0.496 e. The molecule has 0 bridgehead atoms. The number of nitrogens with one attached hydrogen (secondary N) is 2. The third kappa shape index (κ3) is 3.05. The van der Waals surface area contributed by atoms with E-state index < -0.39 is 6.04 Å². The van der Waals surface area contributed by atoms with E-state index in [0.717, 1.165) is 12.0 Å². The first kappa shape index (κ1) is 16.9. The third-order valence-electron chi connectivity index (χ3n) is 4.35. The van der Waals surface area contributed by atoms with Crippen LogP contribution >= 0.6 is 0 Å². The number of benzene rings is 1. The van der Waals surface area contributed by atoms with E-state index in [-0.39, 0.29) is 11.7 Å². The molecule has 0 unspecified atom stereocenters. The van der Waals surface area contributed by atoms with E-state index in [9.17, 15) is 4.79 Å². The standard InChI is InChI=1S/C16H20N6O3/c1-10-8-13(22-18-5-6-19-22)11(9-14(10)25-2)16(23)21-7-3-4-12(21)15(17)20-24/h5-6,8-9,12,24H,3-4,7H2,1-2H3,(H2,17,20)/t12-/m0/s1. The molecule has 1 saturated heterocycles. The number of hydrogen-bond acceptors (Lipinski definition) is 6. The third-order valence-corrected chi connectivity index (χ3v) is 4.35. The fraction of sp³-hybridized carbons (Fsp3) is 0.375. The summed E-state index contributed by atoms with van der Waals surface area (Å²) < 4.78 is 5.35. The molecule has 0 saturated carbocycles. The molecular weight excluding hydrogens is 324 g/mol. The molecule has 1 atom stereocenters. The number of ether oxygens (including phenoxy) is 1. The van der Waals surface area contributed by atoms with Crippen LogP contribution < -0.4 is 10.2 Å². The molecule has 0 spiro atoms. The molecule has 9 nitrogen and oxygen atoms in total. The number of carbonyl (C=O) groups excluding carboxylic acids is 1. The van der Waals surface area contributed by atoms with Crippen LogP contribution in [0, 0.1) is 12.3 Å². The first-order valence-electron chi connectivity index (χ1n) is 7.91. The Hall–Kier alpha value is -2.94. The van der Waals surface area contributed by atoms with Gasteiger partial charge in [0.1, 0.15) is 11.6 Å². The minimum Gasteiger partial charge on any atom is -0.496 e. The molecule has 0 aliphatic carbocycles. The molecule has 1 aliphatic heterocycles. The number of methoxy groups -OCH3 is 1. The molecule has 1 aromatic heterocycles. The van der Waals surface area contributed by atoms with Crippen LogP contribution in [0.3, 0.4) is 0 Å². The van der Waals surface area contributed by atoms with Crippen molar-refractivity contribution in [2.45, 2.75) is 25.8 Å². The van der Waals surface area contributed by atoms with Crippen molar-refractivity contribution in [2.24, 2.45) is 0 Å². The number of amides is 1. The maximum atomic E-state index is 13.2. The fourth-order valence-corrected chi connectivity index (χ4v) is 3.11. The van der Waals surface area contributed by atoms with Gasteiger partial charge in [-0.15, -0.1) is 0 Å². The van der Waals surface area contributed by atoms with E-state index in [1.54, 1.807) is 24.1 Å². The molecule has 1 aromatic carbocycles. The minimum absolute atomic E-state index is 0.0938. The summed E-state index contributed by atoms with van der Waals surface area (Å²) in [4.78, 5) is 16.1. The molecular formula is C16H20N6O3. The van der Waals surface area contributed by atoms with Crippen molar-refractivity contribution in [1.29, 1.82) is 5.41 Å². The maximum absolute atomic E-state index is 13.2. The number of aryl methyl sites for hydroxylation is 1. The lowest BCUT2D eigenvalue weighted by Gasteiger charge is -2.25. The van der Waals surface area contributed by atoms with E-state index >= 15 is 0 Å². The number of rotatable bonds is 4. The summed E-state index contributed by atoms with van der Waals surface area (Å²) in [5.41, 5.74) is 3.64. The van der Waals surface area contributed by atoms with E-state index in [1.807, 2.05) is 12.4 Å². The summed E-state index contributed by atoms with van der Waals surface area (Å²) in [6.07, 6.45) is 4.46. The van der Waals surface area contributed by atoms with Gasteiger partial charge in [-0.25, -0.2) is 0 Å². The van der Waals surface area contributed by atoms with Crippen LogP contribution in [0.1, 0.15) is 28.8 Å². The second kappa shape index (κ2) is 6.89. The maximum Gasteiger partial charge on any atom is 0.256 e. The number of aromatic nitrogens is 3. The zero-order valence-electron chi connectivity index (χ0n) is 14.1. The van der Waals surface area contributed by atoms with Gasteiger partial charge in [0, 0.05) is 6.54 Å². The Labute approximate surface area is 144 Å². The van der Waals surface area contributed by atoms with Crippen LogP contribution in [-0.2, 0) is 0 Å². The Bertz CT molecular complexity index is 789. The van der Waals surface area contributed by atoms with Crippen molar-refractivity contribution >= 4 is 11.7 Å². The highest BCUT2D eigenvalue weighted by Crippen LogP contribution is 2.28. The van der Waals surface area contributed by atoms with E-state index in [1.165, 1.54) is 17.2 Å². The van der Waals surface area contributed by atoms with Crippen molar-refractivity contribution in [3.05, 3.63) is 35.7 Å². The van der Waals surface area contributed by atoms with Crippen molar-refractivity contribution in [1.82, 2.24) is 25.4 Å². The van der Waals surface area contributed by atoms with Gasteiger partial charge >= 0.3 is 0 Å². The highest BCUT2D eigenvalue weighted by molar-refractivity contribution is 6.01. The molecule has 1 amide bonds. The Kier molecular flexibility index (Phi) is 4.66. The summed E-state index contributed by atoms with van der Waals surface area (Å²) in [5.74, 6) is 0.238. The SMILES string of the molecule is COc1cc(C(=O)N2CCC[C@H]2C(=N)NO)c(-n2nccn2)cc1C. The number of hydroxylamine groups is 1. The molecule has 3 N–H and O–H groups in total. The van der Waals surface area contributed by atoms with Gasteiger partial charge in [0.25, 0.3) is 5.91 Å². The van der Waals surface area contributed by atoms with Crippen LogP contribution in [0.4, 0.5) is 0 Å². The average Bonchev–Trinajstić information content (AvgIpc) is 3.31. The zero-order chi connectivity index (χ0) is 18.0. The highest BCUT2D eigenvalue weighted by Gasteiger charge is 2.34. The molecule has 1 fully saturated rings. The lowest BCUT2D eigenvalue weighted by atomic mass is 10.1. The molecule has 3 rings (SSSR count). The lowest BCUT2D eigenvalue weighted by Crippen LogP contribution is -2.45. The number of hydrogen-bond donors (Lipinski definition) is 3. The lowest BCUT2D eigenvalue weighted by molar-refractivity contribution is 0.0761. The van der Waals surface area contributed by atoms with E-state index in [2.05, 4.69) is 10.2 Å². The second-order valence-electron chi connectivity index (χ2n) is 5.84. The van der Waals surface area contributed by atoms with Gasteiger partial charge in [0.15, 0.2) is 0 Å². The normalized spacial score (nSPS) is 16.8. The molecule has 2 aromatic rings. The Morgan fingerprint density at radius 3 is 2.76 bits per heavy atom. The van der Waals surface area contributed by atoms with Crippen LogP contribution in [0.5, 0.6) is 5.75 Å². The summed E-state index contributed by atoms with van der Waals surface area (Å²) in [6, 6.07) is 2.98. The number of nitrogens with zero attached hydrogens (tertiary/aromatic N) is 4. The van der Waals surface area contributed by atoms with Gasteiger partial charge in [-0.1, -0.05) is 0 Å². The predicted molar refractivity (Wildman–Crippen MR) is 89.4 cm³/mol. The van der Waals surface area contributed by atoms with Crippen LogP contribution in [-0.4, -0.2) is 56.5 Å². The molecule has 1 aliphatic rings. The first-order chi connectivity index (χ1) is 12.1. The zero-order valence-corrected chi connectivity index (χ0v) is 14.1. The second-order valence-corrected chi connectivity index (χ2v) is 5.84. The summed E-state index contributed by atoms with van der Waals surface area (Å²) in [5, 5.41) is 25.1. The number of carbonyl (C=O) groups is 1.